The number of hydrogen-bond acceptors (Lipinski definition) is 3. The molecule has 0 fully saturated rings. The standard InChI is InChI=1S/C23H18ClN3O/c24-23-19-12-6-4-10-17(19)21(18-11-5-7-13-20(18)23)14-26-27-22(28)15-25-16-8-2-1-3-9-16/h1-14,25H,15H2,(H,27,28)/b26-14-. The first kappa shape index (κ1) is 18.0. The number of carbonyl (C=O) groups is 1. The maximum atomic E-state index is 12.1. The van der Waals surface area contributed by atoms with Crippen LogP contribution in [0, 0.1) is 0 Å². The van der Waals surface area contributed by atoms with Gasteiger partial charge in [0.2, 0.25) is 0 Å². The van der Waals surface area contributed by atoms with Crippen molar-refractivity contribution < 1.29 is 4.79 Å². The van der Waals surface area contributed by atoms with E-state index in [1.165, 1.54) is 0 Å². The van der Waals surface area contributed by atoms with Gasteiger partial charge in [0.1, 0.15) is 0 Å². The molecule has 0 unspecified atom stereocenters. The number of fused-ring (bicyclic) bond motifs is 2. The van der Waals surface area contributed by atoms with Crippen molar-refractivity contribution in [2.45, 2.75) is 0 Å². The number of anilines is 1. The first-order chi connectivity index (χ1) is 13.7. The summed E-state index contributed by atoms with van der Waals surface area (Å²) in [5, 5.41) is 11.9. The van der Waals surface area contributed by atoms with Crippen LogP contribution >= 0.6 is 11.6 Å². The molecule has 0 aliphatic heterocycles. The van der Waals surface area contributed by atoms with E-state index in [9.17, 15) is 4.79 Å². The molecule has 28 heavy (non-hydrogen) atoms. The average molecular weight is 388 g/mol. The molecule has 4 aromatic rings. The maximum Gasteiger partial charge on any atom is 0.259 e. The molecule has 138 valence electrons. The Morgan fingerprint density at radius 3 is 1.96 bits per heavy atom. The van der Waals surface area contributed by atoms with Crippen LogP contribution in [-0.2, 0) is 4.79 Å². The number of nitrogens with zero attached hydrogens (tertiary/aromatic N) is 1. The van der Waals surface area contributed by atoms with Gasteiger partial charge in [-0.3, -0.25) is 4.79 Å². The van der Waals surface area contributed by atoms with E-state index in [1.807, 2.05) is 78.9 Å². The summed E-state index contributed by atoms with van der Waals surface area (Å²) in [5.74, 6) is -0.220. The Kier molecular flexibility index (Phi) is 5.22. The molecule has 0 heterocycles. The van der Waals surface area contributed by atoms with Gasteiger partial charge in [-0.2, -0.15) is 5.10 Å². The predicted octanol–water partition coefficient (Wildman–Crippen LogP) is 5.21. The molecule has 0 radical (unpaired) electrons. The number of nitrogens with one attached hydrogen (secondary N) is 2. The van der Waals surface area contributed by atoms with E-state index < -0.39 is 0 Å². The zero-order valence-electron chi connectivity index (χ0n) is 15.0. The molecule has 4 aromatic carbocycles. The Bertz CT molecular complexity index is 1120. The van der Waals surface area contributed by atoms with Gasteiger partial charge in [0, 0.05) is 22.0 Å². The van der Waals surface area contributed by atoms with Gasteiger partial charge in [-0.05, 0) is 22.9 Å². The molecule has 5 heteroatoms. The number of rotatable bonds is 5. The predicted molar refractivity (Wildman–Crippen MR) is 117 cm³/mol. The average Bonchev–Trinajstić information content (AvgIpc) is 2.75. The van der Waals surface area contributed by atoms with E-state index in [1.54, 1.807) is 6.21 Å². The van der Waals surface area contributed by atoms with Gasteiger partial charge in [0.25, 0.3) is 5.91 Å². The van der Waals surface area contributed by atoms with Gasteiger partial charge >= 0.3 is 0 Å². The van der Waals surface area contributed by atoms with Crippen LogP contribution in [0.2, 0.25) is 5.02 Å². The van der Waals surface area contributed by atoms with Gasteiger partial charge in [0.05, 0.1) is 17.8 Å². The fourth-order valence-corrected chi connectivity index (χ4v) is 3.52. The highest BCUT2D eigenvalue weighted by molar-refractivity contribution is 6.42. The summed E-state index contributed by atoms with van der Waals surface area (Å²) in [4.78, 5) is 12.1. The molecular weight excluding hydrogens is 370 g/mol. The molecule has 1 amide bonds. The molecule has 0 aliphatic rings. The Balaban J connectivity index is 1.58. The second kappa shape index (κ2) is 8.11. The highest BCUT2D eigenvalue weighted by atomic mass is 35.5. The van der Waals surface area contributed by atoms with Crippen molar-refractivity contribution in [2.24, 2.45) is 5.10 Å². The molecule has 0 atom stereocenters. The Morgan fingerprint density at radius 1 is 0.821 bits per heavy atom. The quantitative estimate of drug-likeness (QED) is 0.280. The van der Waals surface area contributed by atoms with E-state index in [0.29, 0.717) is 0 Å². The molecular formula is C23H18ClN3O. The SMILES string of the molecule is O=C(CNc1ccccc1)N/N=C\c1c2ccccc2c(Cl)c2ccccc12. The summed E-state index contributed by atoms with van der Waals surface area (Å²) < 4.78 is 0. The second-order valence-corrected chi connectivity index (χ2v) is 6.71. The fourth-order valence-electron chi connectivity index (χ4n) is 3.19. The lowest BCUT2D eigenvalue weighted by molar-refractivity contribution is -0.119. The lowest BCUT2D eigenvalue weighted by atomic mass is 9.97. The molecule has 2 N–H and O–H groups in total. The zero-order valence-corrected chi connectivity index (χ0v) is 15.8. The van der Waals surface area contributed by atoms with Crippen molar-refractivity contribution in [3.05, 3.63) is 89.4 Å². The monoisotopic (exact) mass is 387 g/mol. The number of carbonyl (C=O) groups excluding carboxylic acids is 1. The van der Waals surface area contributed by atoms with Crippen LogP contribution in [0.5, 0.6) is 0 Å². The molecule has 0 aliphatic carbocycles. The summed E-state index contributed by atoms with van der Waals surface area (Å²) in [6.45, 7) is 0.142. The van der Waals surface area contributed by atoms with Crippen molar-refractivity contribution in [3.63, 3.8) is 0 Å². The third-order valence-electron chi connectivity index (χ3n) is 4.52. The molecule has 4 nitrogen and oxygen atoms in total. The molecule has 0 aromatic heterocycles. The molecule has 0 saturated heterocycles. The number of hydrogen-bond donors (Lipinski definition) is 2. The van der Waals surface area contributed by atoms with Crippen LogP contribution in [0.3, 0.4) is 0 Å². The van der Waals surface area contributed by atoms with E-state index >= 15 is 0 Å². The lowest BCUT2D eigenvalue weighted by Gasteiger charge is -2.10. The largest absolute Gasteiger partial charge is 0.376 e. The number of amides is 1. The van der Waals surface area contributed by atoms with Crippen LogP contribution in [0.25, 0.3) is 21.5 Å². The second-order valence-electron chi connectivity index (χ2n) is 6.33. The zero-order chi connectivity index (χ0) is 19.3. The van der Waals surface area contributed by atoms with Gasteiger partial charge in [-0.1, -0.05) is 78.3 Å². The Morgan fingerprint density at radius 2 is 1.36 bits per heavy atom. The van der Waals surface area contributed by atoms with Crippen LogP contribution < -0.4 is 10.7 Å². The summed E-state index contributed by atoms with van der Waals surface area (Å²) >= 11 is 6.61. The van der Waals surface area contributed by atoms with Crippen molar-refractivity contribution in [3.8, 4) is 0 Å². The fraction of sp³-hybridized carbons (Fsp3) is 0.0435. The van der Waals surface area contributed by atoms with Gasteiger partial charge < -0.3 is 5.32 Å². The number of halogens is 1. The van der Waals surface area contributed by atoms with Crippen LogP contribution in [0.15, 0.2) is 84.0 Å². The topological polar surface area (TPSA) is 53.5 Å². The van der Waals surface area contributed by atoms with Crippen LogP contribution in [0.1, 0.15) is 5.56 Å². The minimum Gasteiger partial charge on any atom is -0.376 e. The number of benzene rings is 4. The molecule has 0 spiro atoms. The number of para-hydroxylation sites is 1. The van der Waals surface area contributed by atoms with Crippen molar-refractivity contribution in [1.82, 2.24) is 5.43 Å². The highest BCUT2D eigenvalue weighted by Crippen LogP contribution is 2.35. The third-order valence-corrected chi connectivity index (χ3v) is 4.92. The van der Waals surface area contributed by atoms with E-state index in [0.717, 1.165) is 37.8 Å². The van der Waals surface area contributed by atoms with E-state index in [4.69, 9.17) is 11.6 Å². The maximum absolute atomic E-state index is 12.1. The summed E-state index contributed by atoms with van der Waals surface area (Å²) in [6.07, 6.45) is 1.68. The van der Waals surface area contributed by atoms with E-state index in [-0.39, 0.29) is 12.5 Å². The normalized spacial score (nSPS) is 11.2. The number of hydrazone groups is 1. The highest BCUT2D eigenvalue weighted by Gasteiger charge is 2.10. The van der Waals surface area contributed by atoms with Crippen LogP contribution in [-0.4, -0.2) is 18.7 Å². The van der Waals surface area contributed by atoms with Gasteiger partial charge in [-0.15, -0.1) is 0 Å². The van der Waals surface area contributed by atoms with Gasteiger partial charge in [-0.25, -0.2) is 5.43 Å². The molecule has 0 bridgehead atoms. The first-order valence-corrected chi connectivity index (χ1v) is 9.31. The Hall–Kier alpha value is -3.37. The molecule has 4 rings (SSSR count). The summed E-state index contributed by atoms with van der Waals surface area (Å²) in [7, 11) is 0. The summed E-state index contributed by atoms with van der Waals surface area (Å²) in [5.41, 5.74) is 4.39. The van der Waals surface area contributed by atoms with Crippen molar-refractivity contribution >= 4 is 51.0 Å². The lowest BCUT2D eigenvalue weighted by Crippen LogP contribution is -2.25. The minimum absolute atomic E-state index is 0.142. The van der Waals surface area contributed by atoms with Crippen molar-refractivity contribution in [1.29, 1.82) is 0 Å². The summed E-state index contributed by atoms with van der Waals surface area (Å²) in [6, 6.07) is 25.4. The van der Waals surface area contributed by atoms with Crippen LogP contribution in [0.4, 0.5) is 5.69 Å². The first-order valence-electron chi connectivity index (χ1n) is 8.94. The van der Waals surface area contributed by atoms with E-state index in [2.05, 4.69) is 15.8 Å². The van der Waals surface area contributed by atoms with Gasteiger partial charge in [0.15, 0.2) is 0 Å². The molecule has 0 saturated carbocycles. The Labute approximate surface area is 167 Å². The third kappa shape index (κ3) is 3.68. The minimum atomic E-state index is -0.220. The van der Waals surface area contributed by atoms with Crippen molar-refractivity contribution in [2.75, 3.05) is 11.9 Å². The smallest absolute Gasteiger partial charge is 0.259 e.